The van der Waals surface area contributed by atoms with Gasteiger partial charge in [-0.05, 0) is 50.7 Å². The van der Waals surface area contributed by atoms with E-state index >= 15 is 0 Å². The Morgan fingerprint density at radius 2 is 1.76 bits per heavy atom. The topological polar surface area (TPSA) is 47.6 Å². The maximum Gasteiger partial charge on any atom is 0.319 e. The summed E-state index contributed by atoms with van der Waals surface area (Å²) >= 11 is 0. The zero-order chi connectivity index (χ0) is 16.1. The molecule has 0 spiro atoms. The first kappa shape index (κ1) is 18.7. The summed E-state index contributed by atoms with van der Waals surface area (Å²) in [4.78, 5) is 11.3. The molecule has 1 aliphatic rings. The molecule has 0 unspecified atom stereocenters. The lowest BCUT2D eigenvalue weighted by atomic mass is 9.93. The average Bonchev–Trinajstić information content (AvgIpc) is 2.36. The highest BCUT2D eigenvalue weighted by Gasteiger charge is 2.39. The molecule has 4 nitrogen and oxygen atoms in total. The summed E-state index contributed by atoms with van der Waals surface area (Å²) in [5, 5.41) is 3.57. The van der Waals surface area contributed by atoms with Gasteiger partial charge < -0.3 is 14.5 Å². The average molecular weight is 316 g/mol. The van der Waals surface area contributed by atoms with Gasteiger partial charge in [0.1, 0.15) is 0 Å². The number of nitrogens with one attached hydrogen (secondary N) is 1. The van der Waals surface area contributed by atoms with Crippen molar-refractivity contribution >= 4 is 14.3 Å². The zero-order valence-corrected chi connectivity index (χ0v) is 15.6. The Kier molecular flexibility index (Phi) is 6.88. The van der Waals surface area contributed by atoms with E-state index < -0.39 is 8.32 Å². The number of esters is 1. The number of carbonyl (C=O) groups is 1. The van der Waals surface area contributed by atoms with Crippen LogP contribution in [0.1, 0.15) is 53.4 Å². The third-order valence-electron chi connectivity index (χ3n) is 4.78. The van der Waals surface area contributed by atoms with Gasteiger partial charge in [0.05, 0.1) is 13.2 Å². The summed E-state index contributed by atoms with van der Waals surface area (Å²) in [6, 6.07) is 0.425. The van der Waals surface area contributed by atoms with Crippen molar-refractivity contribution in [2.75, 3.05) is 13.2 Å². The summed E-state index contributed by atoms with van der Waals surface area (Å²) < 4.78 is 11.4. The molecule has 0 aromatic heterocycles. The van der Waals surface area contributed by atoms with Crippen molar-refractivity contribution in [3.63, 3.8) is 0 Å². The van der Waals surface area contributed by atoms with Crippen molar-refractivity contribution in [3.8, 4) is 0 Å². The van der Waals surface area contributed by atoms with Crippen molar-refractivity contribution in [1.82, 2.24) is 5.32 Å². The smallest absolute Gasteiger partial charge is 0.319 e. The van der Waals surface area contributed by atoms with Gasteiger partial charge in [0.2, 0.25) is 0 Å². The number of carbonyl (C=O) groups excluding carboxylic acids is 1. The quantitative estimate of drug-likeness (QED) is 0.602. The van der Waals surface area contributed by atoms with Gasteiger partial charge in [0, 0.05) is 12.1 Å². The minimum atomic E-state index is -1.66. The van der Waals surface area contributed by atoms with Gasteiger partial charge in [-0.3, -0.25) is 4.79 Å². The normalized spacial score (nSPS) is 23.9. The summed E-state index contributed by atoms with van der Waals surface area (Å²) in [5.74, 6) is -0.155. The first-order chi connectivity index (χ1) is 9.65. The maximum absolute atomic E-state index is 11.3. The van der Waals surface area contributed by atoms with E-state index in [4.69, 9.17) is 9.16 Å². The molecule has 1 fully saturated rings. The molecule has 0 atom stereocenters. The molecule has 1 saturated carbocycles. The molecule has 5 heteroatoms. The summed E-state index contributed by atoms with van der Waals surface area (Å²) in [6.45, 7) is 14.1. The Bertz CT molecular complexity index is 331. The third-order valence-corrected chi connectivity index (χ3v) is 9.32. The minimum Gasteiger partial charge on any atom is -0.465 e. The number of rotatable bonds is 6. The van der Waals surface area contributed by atoms with Crippen LogP contribution in [-0.4, -0.2) is 39.6 Å². The third kappa shape index (κ3) is 6.08. The highest BCUT2D eigenvalue weighted by Crippen LogP contribution is 2.39. The molecule has 0 aliphatic heterocycles. The first-order valence-corrected chi connectivity index (χ1v) is 11.1. The van der Waals surface area contributed by atoms with Gasteiger partial charge in [-0.15, -0.1) is 0 Å². The number of hydrogen-bond acceptors (Lipinski definition) is 4. The van der Waals surface area contributed by atoms with Crippen molar-refractivity contribution in [2.45, 2.75) is 83.7 Å². The fraction of sp³-hybridized carbons (Fsp3) is 0.938. The minimum absolute atomic E-state index is 0.155. The Hall–Kier alpha value is -0.393. The van der Waals surface area contributed by atoms with Crippen LogP contribution in [0.2, 0.25) is 18.1 Å². The van der Waals surface area contributed by atoms with E-state index in [2.05, 4.69) is 39.2 Å². The maximum atomic E-state index is 11.3. The van der Waals surface area contributed by atoms with Crippen LogP contribution in [0.3, 0.4) is 0 Å². The van der Waals surface area contributed by atoms with Gasteiger partial charge >= 0.3 is 5.97 Å². The van der Waals surface area contributed by atoms with Crippen molar-refractivity contribution in [2.24, 2.45) is 0 Å². The highest BCUT2D eigenvalue weighted by molar-refractivity contribution is 6.74. The number of ether oxygens (including phenoxy) is 1. The molecule has 21 heavy (non-hydrogen) atoms. The van der Waals surface area contributed by atoms with E-state index in [1.807, 2.05) is 6.92 Å². The number of hydrogen-bond donors (Lipinski definition) is 1. The van der Waals surface area contributed by atoms with E-state index in [1.54, 1.807) is 0 Å². The fourth-order valence-corrected chi connectivity index (χ4v) is 3.84. The van der Waals surface area contributed by atoms with E-state index in [0.29, 0.717) is 25.3 Å². The highest BCUT2D eigenvalue weighted by atomic mass is 28.4. The molecule has 0 heterocycles. The molecule has 0 radical (unpaired) electrons. The lowest BCUT2D eigenvalue weighted by molar-refractivity contribution is -0.142. The lowest BCUT2D eigenvalue weighted by Gasteiger charge is -2.41. The SMILES string of the molecule is CCOC(=O)CN[C@H]1CC[C@H](O[Si](C)(C)C(C)(C)C)CC1. The van der Waals surface area contributed by atoms with Crippen LogP contribution in [0, 0.1) is 0 Å². The monoisotopic (exact) mass is 315 g/mol. The van der Waals surface area contributed by atoms with E-state index in [-0.39, 0.29) is 11.0 Å². The molecule has 0 amide bonds. The Labute approximate surface area is 131 Å². The molecule has 0 saturated heterocycles. The molecule has 0 aromatic rings. The van der Waals surface area contributed by atoms with Crippen LogP contribution in [0.5, 0.6) is 0 Å². The Morgan fingerprint density at radius 3 is 2.24 bits per heavy atom. The second kappa shape index (κ2) is 7.74. The van der Waals surface area contributed by atoms with Gasteiger partial charge in [-0.25, -0.2) is 0 Å². The molecular formula is C16H33NO3Si. The predicted molar refractivity (Wildman–Crippen MR) is 89.0 cm³/mol. The molecule has 1 rings (SSSR count). The molecule has 0 bridgehead atoms. The van der Waals surface area contributed by atoms with Crippen LogP contribution < -0.4 is 5.32 Å². The van der Waals surface area contributed by atoms with Crippen molar-refractivity contribution in [1.29, 1.82) is 0 Å². The molecule has 1 N–H and O–H groups in total. The fourth-order valence-electron chi connectivity index (χ4n) is 2.42. The van der Waals surface area contributed by atoms with Gasteiger partial charge in [0.25, 0.3) is 0 Å². The van der Waals surface area contributed by atoms with Crippen LogP contribution in [0.25, 0.3) is 0 Å². The standard InChI is InChI=1S/C16H33NO3Si/c1-7-19-15(18)12-17-13-8-10-14(11-9-13)20-21(5,6)16(2,3)4/h13-14,17H,7-12H2,1-6H3/t13-,14-. The van der Waals surface area contributed by atoms with Gasteiger partial charge in [0.15, 0.2) is 8.32 Å². The predicted octanol–water partition coefficient (Wildman–Crippen LogP) is 3.47. The molecule has 0 aromatic carbocycles. The summed E-state index contributed by atoms with van der Waals surface area (Å²) in [7, 11) is -1.66. The molecule has 1 aliphatic carbocycles. The van der Waals surface area contributed by atoms with Gasteiger partial charge in [-0.1, -0.05) is 20.8 Å². The van der Waals surface area contributed by atoms with Crippen LogP contribution in [-0.2, 0) is 14.0 Å². The first-order valence-electron chi connectivity index (χ1n) is 8.22. The zero-order valence-electron chi connectivity index (χ0n) is 14.6. The van der Waals surface area contributed by atoms with Crippen molar-refractivity contribution < 1.29 is 14.0 Å². The second-order valence-corrected chi connectivity index (χ2v) is 12.3. The largest absolute Gasteiger partial charge is 0.465 e. The van der Waals surface area contributed by atoms with Crippen molar-refractivity contribution in [3.05, 3.63) is 0 Å². The Balaban J connectivity index is 2.31. The molecule has 124 valence electrons. The lowest BCUT2D eigenvalue weighted by Crippen LogP contribution is -2.46. The van der Waals surface area contributed by atoms with E-state index in [1.165, 1.54) is 0 Å². The Morgan fingerprint density at radius 1 is 1.19 bits per heavy atom. The van der Waals surface area contributed by atoms with Gasteiger partial charge in [-0.2, -0.15) is 0 Å². The van der Waals surface area contributed by atoms with E-state index in [0.717, 1.165) is 25.7 Å². The van der Waals surface area contributed by atoms with E-state index in [9.17, 15) is 4.79 Å². The molecular weight excluding hydrogens is 282 g/mol. The summed E-state index contributed by atoms with van der Waals surface area (Å²) in [5.41, 5.74) is 0. The summed E-state index contributed by atoms with van der Waals surface area (Å²) in [6.07, 6.45) is 4.74. The van der Waals surface area contributed by atoms with Crippen LogP contribution >= 0.6 is 0 Å². The van der Waals surface area contributed by atoms with Crippen LogP contribution in [0.4, 0.5) is 0 Å². The van der Waals surface area contributed by atoms with Crippen LogP contribution in [0.15, 0.2) is 0 Å². The second-order valence-electron chi connectivity index (χ2n) is 7.54.